The number of nitrogens with one attached hydrogen (secondary N) is 2. The standard InChI is InChI=1S/C26H29N3O4/c30-24(28-32)20-14-26(10-11-26)15-27-22(20)25(31)29-12-8-16(9-13-29)17-5-3-6-19-18-4-1-2-7-21(18)33-23(17)19/h1-7,16,20,22,27,32H,8-15H2,(H,28,30)/t20-,22-/m0/s1. The van der Waals surface area contributed by atoms with E-state index in [0.29, 0.717) is 25.4 Å². The van der Waals surface area contributed by atoms with Crippen LogP contribution in [-0.4, -0.2) is 47.6 Å². The molecule has 7 heteroatoms. The first-order valence-electron chi connectivity index (χ1n) is 11.9. The third kappa shape index (κ3) is 3.50. The van der Waals surface area contributed by atoms with E-state index >= 15 is 0 Å². The summed E-state index contributed by atoms with van der Waals surface area (Å²) in [7, 11) is 0. The Balaban J connectivity index is 1.18. The molecule has 2 aromatic carbocycles. The van der Waals surface area contributed by atoms with Gasteiger partial charge in [0.2, 0.25) is 11.8 Å². The van der Waals surface area contributed by atoms with Crippen LogP contribution in [0.4, 0.5) is 0 Å². The van der Waals surface area contributed by atoms with Gasteiger partial charge in [0.15, 0.2) is 0 Å². The molecule has 2 saturated heterocycles. The summed E-state index contributed by atoms with van der Waals surface area (Å²) in [5.41, 5.74) is 4.98. The van der Waals surface area contributed by atoms with Crippen LogP contribution in [-0.2, 0) is 9.59 Å². The minimum atomic E-state index is -0.571. The zero-order chi connectivity index (χ0) is 22.6. The van der Waals surface area contributed by atoms with E-state index in [1.807, 2.05) is 23.1 Å². The molecule has 1 spiro atoms. The molecule has 6 rings (SSSR count). The van der Waals surface area contributed by atoms with Crippen molar-refractivity contribution in [2.45, 2.75) is 44.1 Å². The molecule has 3 N–H and O–H groups in total. The van der Waals surface area contributed by atoms with E-state index in [0.717, 1.165) is 54.2 Å². The smallest absolute Gasteiger partial charge is 0.248 e. The van der Waals surface area contributed by atoms with Crippen LogP contribution in [0.25, 0.3) is 21.9 Å². The van der Waals surface area contributed by atoms with E-state index in [9.17, 15) is 14.8 Å². The summed E-state index contributed by atoms with van der Waals surface area (Å²) in [5, 5.41) is 14.8. The number of rotatable bonds is 3. The van der Waals surface area contributed by atoms with E-state index in [1.165, 1.54) is 5.56 Å². The van der Waals surface area contributed by atoms with Gasteiger partial charge in [0.05, 0.1) is 12.0 Å². The van der Waals surface area contributed by atoms with Gasteiger partial charge < -0.3 is 14.6 Å². The molecule has 2 aliphatic heterocycles. The number of fused-ring (bicyclic) bond motifs is 3. The molecule has 7 nitrogen and oxygen atoms in total. The van der Waals surface area contributed by atoms with E-state index in [-0.39, 0.29) is 11.3 Å². The molecule has 3 fully saturated rings. The van der Waals surface area contributed by atoms with Crippen LogP contribution in [0, 0.1) is 11.3 Å². The summed E-state index contributed by atoms with van der Waals surface area (Å²) < 4.78 is 6.23. The number of nitrogens with zero attached hydrogens (tertiary/aromatic N) is 1. The molecule has 0 bridgehead atoms. The van der Waals surface area contributed by atoms with Crippen LogP contribution in [0.15, 0.2) is 46.9 Å². The minimum Gasteiger partial charge on any atom is -0.456 e. The number of carbonyl (C=O) groups excluding carboxylic acids is 2. The predicted molar refractivity (Wildman–Crippen MR) is 124 cm³/mol. The fourth-order valence-electron chi connectivity index (χ4n) is 5.97. The van der Waals surface area contributed by atoms with Gasteiger partial charge in [-0.15, -0.1) is 0 Å². The number of carbonyl (C=O) groups is 2. The quantitative estimate of drug-likeness (QED) is 0.422. The third-order valence-corrected chi connectivity index (χ3v) is 8.10. The highest BCUT2D eigenvalue weighted by Crippen LogP contribution is 2.52. The second-order valence-corrected chi connectivity index (χ2v) is 10.1. The van der Waals surface area contributed by atoms with Crippen molar-refractivity contribution in [3.05, 3.63) is 48.0 Å². The fraction of sp³-hybridized carbons (Fsp3) is 0.462. The largest absolute Gasteiger partial charge is 0.456 e. The summed E-state index contributed by atoms with van der Waals surface area (Å²) in [6, 6.07) is 13.9. The summed E-state index contributed by atoms with van der Waals surface area (Å²) >= 11 is 0. The number of hydrogen-bond acceptors (Lipinski definition) is 5. The molecule has 33 heavy (non-hydrogen) atoms. The molecule has 172 valence electrons. The van der Waals surface area contributed by atoms with E-state index in [1.54, 1.807) is 5.48 Å². The van der Waals surface area contributed by atoms with Crippen molar-refractivity contribution in [1.29, 1.82) is 0 Å². The number of furan rings is 1. The second kappa shape index (κ2) is 7.85. The van der Waals surface area contributed by atoms with Gasteiger partial charge in [-0.1, -0.05) is 36.4 Å². The van der Waals surface area contributed by atoms with Gasteiger partial charge >= 0.3 is 0 Å². The minimum absolute atomic E-state index is 0.0282. The molecule has 1 aliphatic carbocycles. The average Bonchev–Trinajstić information content (AvgIpc) is 3.50. The lowest BCUT2D eigenvalue weighted by molar-refractivity contribution is -0.145. The maximum absolute atomic E-state index is 13.4. The summed E-state index contributed by atoms with van der Waals surface area (Å²) in [6.07, 6.45) is 4.53. The van der Waals surface area contributed by atoms with Gasteiger partial charge in [-0.25, -0.2) is 5.48 Å². The highest BCUT2D eigenvalue weighted by Gasteiger charge is 2.52. The van der Waals surface area contributed by atoms with Crippen molar-refractivity contribution in [3.63, 3.8) is 0 Å². The zero-order valence-electron chi connectivity index (χ0n) is 18.5. The summed E-state index contributed by atoms with van der Waals surface area (Å²) in [5.74, 6) is -0.692. The van der Waals surface area contributed by atoms with E-state index < -0.39 is 17.9 Å². The average molecular weight is 448 g/mol. The Morgan fingerprint density at radius 2 is 1.82 bits per heavy atom. The zero-order valence-corrected chi connectivity index (χ0v) is 18.5. The summed E-state index contributed by atoms with van der Waals surface area (Å²) in [6.45, 7) is 2.07. The SMILES string of the molecule is O=C(NO)[C@H]1CC2(CC2)CN[C@@H]1C(=O)N1CCC(c2cccc3c2oc2ccccc23)CC1. The predicted octanol–water partition coefficient (Wildman–Crippen LogP) is 3.56. The van der Waals surface area contributed by atoms with Gasteiger partial charge in [0, 0.05) is 30.4 Å². The molecule has 3 aliphatic rings. The van der Waals surface area contributed by atoms with E-state index in [2.05, 4.69) is 29.6 Å². The molecule has 2 atom stereocenters. The molecular formula is C26H29N3O4. The maximum atomic E-state index is 13.4. The van der Waals surface area contributed by atoms with Crippen LogP contribution in [0.3, 0.4) is 0 Å². The third-order valence-electron chi connectivity index (χ3n) is 8.10. The molecule has 0 radical (unpaired) electrons. The van der Waals surface area contributed by atoms with Crippen LogP contribution >= 0.6 is 0 Å². The lowest BCUT2D eigenvalue weighted by Gasteiger charge is -2.40. The molecular weight excluding hydrogens is 418 g/mol. The Labute approximate surface area is 192 Å². The fourth-order valence-corrected chi connectivity index (χ4v) is 5.97. The van der Waals surface area contributed by atoms with Gasteiger partial charge in [0.1, 0.15) is 11.2 Å². The Morgan fingerprint density at radius 3 is 2.58 bits per heavy atom. The first-order chi connectivity index (χ1) is 16.1. The van der Waals surface area contributed by atoms with Crippen molar-refractivity contribution in [2.24, 2.45) is 11.3 Å². The van der Waals surface area contributed by atoms with Crippen molar-refractivity contribution in [1.82, 2.24) is 15.7 Å². The lowest BCUT2D eigenvalue weighted by Crippen LogP contribution is -2.59. The first kappa shape index (κ1) is 20.7. The topological polar surface area (TPSA) is 94.8 Å². The lowest BCUT2D eigenvalue weighted by atomic mass is 9.81. The van der Waals surface area contributed by atoms with Crippen molar-refractivity contribution in [3.8, 4) is 0 Å². The normalized spacial score (nSPS) is 24.9. The highest BCUT2D eigenvalue weighted by atomic mass is 16.5. The second-order valence-electron chi connectivity index (χ2n) is 10.1. The van der Waals surface area contributed by atoms with Crippen molar-refractivity contribution >= 4 is 33.8 Å². The Kier molecular flexibility index (Phi) is 4.92. The monoisotopic (exact) mass is 447 g/mol. The summed E-state index contributed by atoms with van der Waals surface area (Å²) in [4.78, 5) is 27.6. The molecule has 1 saturated carbocycles. The first-order valence-corrected chi connectivity index (χ1v) is 11.9. The molecule has 1 aromatic heterocycles. The number of amides is 2. The number of likely N-dealkylation sites (tertiary alicyclic amines) is 1. The van der Waals surface area contributed by atoms with Crippen LogP contribution in [0.5, 0.6) is 0 Å². The maximum Gasteiger partial charge on any atom is 0.248 e. The van der Waals surface area contributed by atoms with Gasteiger partial charge in [0.25, 0.3) is 0 Å². The number of hydrogen-bond donors (Lipinski definition) is 3. The van der Waals surface area contributed by atoms with Crippen LogP contribution < -0.4 is 10.8 Å². The Bertz CT molecular complexity index is 1220. The van der Waals surface area contributed by atoms with Gasteiger partial charge in [-0.2, -0.15) is 0 Å². The number of hydroxylamine groups is 1. The highest BCUT2D eigenvalue weighted by molar-refractivity contribution is 6.05. The number of benzene rings is 2. The molecule has 3 heterocycles. The van der Waals surface area contributed by atoms with Crippen molar-refractivity contribution < 1.29 is 19.2 Å². The molecule has 0 unspecified atom stereocenters. The molecule has 2 amide bonds. The Morgan fingerprint density at radius 1 is 1.06 bits per heavy atom. The number of piperidine rings is 2. The van der Waals surface area contributed by atoms with Crippen molar-refractivity contribution in [2.75, 3.05) is 19.6 Å². The van der Waals surface area contributed by atoms with Crippen LogP contribution in [0.1, 0.15) is 43.6 Å². The van der Waals surface area contributed by atoms with E-state index in [4.69, 9.17) is 4.42 Å². The van der Waals surface area contributed by atoms with Gasteiger partial charge in [-0.05, 0) is 55.1 Å². The molecule has 3 aromatic rings. The Hall–Kier alpha value is -2.90. The van der Waals surface area contributed by atoms with Gasteiger partial charge in [-0.3, -0.25) is 14.8 Å². The number of para-hydroxylation sites is 2. The van der Waals surface area contributed by atoms with Crippen LogP contribution in [0.2, 0.25) is 0 Å².